The van der Waals surface area contributed by atoms with E-state index in [0.717, 1.165) is 50.0 Å². The van der Waals surface area contributed by atoms with Crippen molar-refractivity contribution in [1.82, 2.24) is 14.7 Å². The summed E-state index contributed by atoms with van der Waals surface area (Å²) < 4.78 is 0. The number of amidine groups is 2. The zero-order valence-corrected chi connectivity index (χ0v) is 25.0. The van der Waals surface area contributed by atoms with Crippen LogP contribution in [0.3, 0.4) is 0 Å². The van der Waals surface area contributed by atoms with Gasteiger partial charge in [0.1, 0.15) is 11.9 Å². The normalized spacial score (nSPS) is 20.5. The number of para-hydroxylation sites is 2. The predicted octanol–water partition coefficient (Wildman–Crippen LogP) is 4.30. The fraction of sp³-hybridized carbons (Fsp3) is 0.469. The minimum absolute atomic E-state index is 0.0492. The van der Waals surface area contributed by atoms with Crippen molar-refractivity contribution >= 4 is 51.9 Å². The Morgan fingerprint density at radius 2 is 1.67 bits per heavy atom. The maximum atomic E-state index is 13.7. The molecule has 6 rings (SSSR count). The van der Waals surface area contributed by atoms with Crippen LogP contribution in [0.4, 0.5) is 11.4 Å². The number of carbonyl (C=O) groups excluding carboxylic acids is 3. The maximum absolute atomic E-state index is 13.7. The van der Waals surface area contributed by atoms with Crippen LogP contribution in [0.15, 0.2) is 64.6 Å². The van der Waals surface area contributed by atoms with Crippen LogP contribution in [0, 0.1) is 0 Å². The van der Waals surface area contributed by atoms with Crippen LogP contribution in [-0.4, -0.2) is 94.5 Å². The molecule has 9 nitrogen and oxygen atoms in total. The Kier molecular flexibility index (Phi) is 8.60. The van der Waals surface area contributed by atoms with Gasteiger partial charge in [0, 0.05) is 56.9 Å². The average Bonchev–Trinajstić information content (AvgIpc) is 3.39. The van der Waals surface area contributed by atoms with E-state index in [1.165, 1.54) is 23.9 Å². The summed E-state index contributed by atoms with van der Waals surface area (Å²) in [7, 11) is 1.89. The Hall–Kier alpha value is -3.66. The molecule has 1 aliphatic carbocycles. The van der Waals surface area contributed by atoms with Gasteiger partial charge in [-0.15, -0.1) is 0 Å². The Balaban J connectivity index is 1.08. The van der Waals surface area contributed by atoms with Crippen molar-refractivity contribution in [3.05, 3.63) is 60.2 Å². The molecular formula is C32H38N6O3S. The van der Waals surface area contributed by atoms with Gasteiger partial charge < -0.3 is 14.7 Å². The maximum Gasteiger partial charge on any atom is 0.259 e. The van der Waals surface area contributed by atoms with Crippen LogP contribution in [0.5, 0.6) is 0 Å². The SMILES string of the molecule is CN(C(=O)CSC1=Nc2ccccc2C2=NC(CCC(=O)N3CCN(c4ccccc4)CC3)C(=O)N12)C1CCCCC1. The topological polar surface area (TPSA) is 88.9 Å². The number of nitrogens with zero attached hydrogens (tertiary/aromatic N) is 6. The van der Waals surface area contributed by atoms with Gasteiger partial charge >= 0.3 is 0 Å². The van der Waals surface area contributed by atoms with Gasteiger partial charge in [0.05, 0.1) is 11.4 Å². The second kappa shape index (κ2) is 12.7. The molecule has 4 aliphatic rings. The van der Waals surface area contributed by atoms with E-state index in [-0.39, 0.29) is 35.9 Å². The van der Waals surface area contributed by atoms with Crippen molar-refractivity contribution in [2.75, 3.05) is 43.9 Å². The van der Waals surface area contributed by atoms with Gasteiger partial charge in [-0.05, 0) is 43.5 Å². The lowest BCUT2D eigenvalue weighted by molar-refractivity contribution is -0.132. The molecule has 1 atom stereocenters. The Morgan fingerprint density at radius 3 is 2.43 bits per heavy atom. The fourth-order valence-electron chi connectivity index (χ4n) is 6.26. The van der Waals surface area contributed by atoms with Gasteiger partial charge in [-0.25, -0.2) is 9.89 Å². The van der Waals surface area contributed by atoms with Crippen molar-refractivity contribution in [1.29, 1.82) is 0 Å². The third-order valence-electron chi connectivity index (χ3n) is 8.77. The number of piperazine rings is 1. The van der Waals surface area contributed by atoms with Gasteiger partial charge in [-0.2, -0.15) is 0 Å². The van der Waals surface area contributed by atoms with Crippen molar-refractivity contribution in [3.8, 4) is 0 Å². The highest BCUT2D eigenvalue weighted by Crippen LogP contribution is 2.34. The minimum atomic E-state index is -0.646. The average molecular weight is 587 g/mol. The molecule has 42 heavy (non-hydrogen) atoms. The van der Waals surface area contributed by atoms with Crippen LogP contribution in [0.2, 0.25) is 0 Å². The molecular weight excluding hydrogens is 548 g/mol. The Bertz CT molecular complexity index is 1380. The summed E-state index contributed by atoms with van der Waals surface area (Å²) in [5.74, 6) is 0.702. The molecule has 220 valence electrons. The number of thioether (sulfide) groups is 1. The Morgan fingerprint density at radius 1 is 0.952 bits per heavy atom. The molecule has 0 radical (unpaired) electrons. The van der Waals surface area contributed by atoms with Gasteiger partial charge in [0.2, 0.25) is 11.8 Å². The lowest BCUT2D eigenvalue weighted by Crippen LogP contribution is -2.49. The third kappa shape index (κ3) is 5.95. The number of amides is 3. The quantitative estimate of drug-likeness (QED) is 0.483. The first-order valence-corrected chi connectivity index (χ1v) is 16.0. The highest BCUT2D eigenvalue weighted by atomic mass is 32.2. The van der Waals surface area contributed by atoms with Gasteiger partial charge in [0.25, 0.3) is 5.91 Å². The van der Waals surface area contributed by atoms with Gasteiger partial charge in [0.15, 0.2) is 5.17 Å². The highest BCUT2D eigenvalue weighted by molar-refractivity contribution is 8.14. The lowest BCUT2D eigenvalue weighted by Gasteiger charge is -2.36. The molecule has 1 unspecified atom stereocenters. The largest absolute Gasteiger partial charge is 0.368 e. The second-order valence-corrected chi connectivity index (χ2v) is 12.3. The highest BCUT2D eigenvalue weighted by Gasteiger charge is 2.42. The van der Waals surface area contributed by atoms with Crippen LogP contribution >= 0.6 is 11.8 Å². The third-order valence-corrected chi connectivity index (χ3v) is 9.70. The summed E-state index contributed by atoms with van der Waals surface area (Å²) in [4.78, 5) is 57.1. The van der Waals surface area contributed by atoms with E-state index in [1.807, 2.05) is 59.3 Å². The van der Waals surface area contributed by atoms with Crippen molar-refractivity contribution in [2.45, 2.75) is 57.0 Å². The summed E-state index contributed by atoms with van der Waals surface area (Å²) in [5.41, 5.74) is 2.71. The first-order valence-electron chi connectivity index (χ1n) is 15.1. The van der Waals surface area contributed by atoms with E-state index in [0.29, 0.717) is 30.5 Å². The van der Waals surface area contributed by atoms with Crippen LogP contribution in [-0.2, 0) is 14.4 Å². The first kappa shape index (κ1) is 28.5. The van der Waals surface area contributed by atoms with Crippen LogP contribution in [0.25, 0.3) is 0 Å². The van der Waals surface area contributed by atoms with Crippen LogP contribution < -0.4 is 4.90 Å². The van der Waals surface area contributed by atoms with Gasteiger partial charge in [-0.1, -0.05) is 61.4 Å². The number of aliphatic imine (C=N–C) groups is 2. The standard InChI is InChI=1S/C32H38N6O3S/c1-35(23-10-4-2-5-11-23)29(40)22-42-32-34-26-15-9-8-14-25(26)30-33-27(31(41)38(30)32)16-17-28(39)37-20-18-36(19-21-37)24-12-6-3-7-13-24/h3,6-9,12-15,23,27H,2,4-5,10-11,16-22H2,1H3. The molecule has 2 aromatic carbocycles. The van der Waals surface area contributed by atoms with E-state index in [1.54, 1.807) is 4.90 Å². The fourth-order valence-corrected chi connectivity index (χ4v) is 7.18. The molecule has 0 bridgehead atoms. The molecule has 2 fully saturated rings. The molecule has 0 aromatic heterocycles. The Labute approximate surface area is 251 Å². The molecule has 3 amide bonds. The van der Waals surface area contributed by atoms with E-state index in [9.17, 15) is 14.4 Å². The number of anilines is 1. The summed E-state index contributed by atoms with van der Waals surface area (Å²) >= 11 is 1.29. The van der Waals surface area contributed by atoms with Crippen molar-refractivity contribution < 1.29 is 14.4 Å². The first-order chi connectivity index (χ1) is 20.5. The molecule has 3 aliphatic heterocycles. The number of fused-ring (bicyclic) bond motifs is 3. The van der Waals surface area contributed by atoms with Crippen molar-refractivity contribution in [2.24, 2.45) is 9.98 Å². The van der Waals surface area contributed by atoms with Crippen LogP contribution in [0.1, 0.15) is 50.5 Å². The number of benzene rings is 2. The van der Waals surface area contributed by atoms with E-state index < -0.39 is 6.04 Å². The summed E-state index contributed by atoms with van der Waals surface area (Å²) in [6, 6.07) is 17.5. The monoisotopic (exact) mass is 586 g/mol. The van der Waals surface area contributed by atoms with E-state index >= 15 is 0 Å². The van der Waals surface area contributed by atoms with Gasteiger partial charge in [-0.3, -0.25) is 19.4 Å². The molecule has 1 saturated carbocycles. The molecule has 10 heteroatoms. The smallest absolute Gasteiger partial charge is 0.259 e. The second-order valence-electron chi connectivity index (χ2n) is 11.4. The zero-order chi connectivity index (χ0) is 29.1. The number of carbonyl (C=O) groups is 3. The summed E-state index contributed by atoms with van der Waals surface area (Å²) in [6.07, 6.45) is 6.26. The molecule has 1 saturated heterocycles. The minimum Gasteiger partial charge on any atom is -0.368 e. The van der Waals surface area contributed by atoms with Crippen molar-refractivity contribution in [3.63, 3.8) is 0 Å². The number of hydrogen-bond donors (Lipinski definition) is 0. The van der Waals surface area contributed by atoms with E-state index in [4.69, 9.17) is 9.98 Å². The lowest BCUT2D eigenvalue weighted by atomic mass is 9.94. The summed E-state index contributed by atoms with van der Waals surface area (Å²) in [6.45, 7) is 2.90. The molecule has 0 N–H and O–H groups in total. The zero-order valence-electron chi connectivity index (χ0n) is 24.2. The molecule has 2 aromatic rings. The predicted molar refractivity (Wildman–Crippen MR) is 167 cm³/mol. The molecule has 0 spiro atoms. The number of hydrogen-bond acceptors (Lipinski definition) is 7. The number of rotatable bonds is 7. The molecule has 3 heterocycles. The van der Waals surface area contributed by atoms with E-state index in [2.05, 4.69) is 17.0 Å². The summed E-state index contributed by atoms with van der Waals surface area (Å²) in [5, 5.41) is 0.480.